The van der Waals surface area contributed by atoms with Gasteiger partial charge in [0.15, 0.2) is 6.29 Å². The molecule has 0 aromatic carbocycles. The second-order valence-corrected chi connectivity index (χ2v) is 8.34. The van der Waals surface area contributed by atoms with Crippen LogP contribution in [0.3, 0.4) is 0 Å². The fraction of sp³-hybridized carbons (Fsp3) is 0.920. The van der Waals surface area contributed by atoms with Crippen LogP contribution in [-0.4, -0.2) is 19.0 Å². The lowest BCUT2D eigenvalue weighted by atomic mass is 10.0. The van der Waals surface area contributed by atoms with Crippen molar-refractivity contribution < 1.29 is 9.47 Å². The van der Waals surface area contributed by atoms with Crippen LogP contribution in [-0.2, 0) is 9.47 Å². The van der Waals surface area contributed by atoms with E-state index in [1.807, 2.05) is 0 Å². The zero-order chi connectivity index (χ0) is 19.4. The van der Waals surface area contributed by atoms with E-state index in [0.717, 1.165) is 19.4 Å². The van der Waals surface area contributed by atoms with Crippen molar-refractivity contribution in [2.45, 2.75) is 142 Å². The Bertz CT molecular complexity index is 320. The van der Waals surface area contributed by atoms with Gasteiger partial charge in [0.05, 0.1) is 6.10 Å². The van der Waals surface area contributed by atoms with Crippen LogP contribution in [0.2, 0.25) is 0 Å². The van der Waals surface area contributed by atoms with Gasteiger partial charge < -0.3 is 9.47 Å². The fourth-order valence-corrected chi connectivity index (χ4v) is 3.84. The van der Waals surface area contributed by atoms with Crippen molar-refractivity contribution in [3.8, 4) is 0 Å². The van der Waals surface area contributed by atoms with Crippen molar-refractivity contribution in [3.05, 3.63) is 12.2 Å². The Hall–Kier alpha value is -0.340. The molecule has 0 aliphatic carbocycles. The summed E-state index contributed by atoms with van der Waals surface area (Å²) < 4.78 is 11.8. The summed E-state index contributed by atoms with van der Waals surface area (Å²) in [5, 5.41) is 0. The number of allylic oxidation sites excluding steroid dienone is 2. The Morgan fingerprint density at radius 1 is 0.815 bits per heavy atom. The van der Waals surface area contributed by atoms with Gasteiger partial charge in [-0.15, -0.1) is 0 Å². The third-order valence-corrected chi connectivity index (χ3v) is 5.73. The van der Waals surface area contributed by atoms with Crippen LogP contribution in [0.1, 0.15) is 129 Å². The summed E-state index contributed by atoms with van der Waals surface area (Å²) in [6.45, 7) is 5.41. The lowest BCUT2D eigenvalue weighted by Crippen LogP contribution is -2.27. The van der Waals surface area contributed by atoms with E-state index in [1.165, 1.54) is 103 Å². The van der Waals surface area contributed by atoms with Gasteiger partial charge in [0, 0.05) is 6.61 Å². The van der Waals surface area contributed by atoms with Crippen molar-refractivity contribution in [1.82, 2.24) is 0 Å². The largest absolute Gasteiger partial charge is 0.353 e. The molecule has 1 fully saturated rings. The van der Waals surface area contributed by atoms with Crippen LogP contribution in [0.25, 0.3) is 0 Å². The van der Waals surface area contributed by atoms with Gasteiger partial charge in [0.25, 0.3) is 0 Å². The van der Waals surface area contributed by atoms with Gasteiger partial charge in [0.1, 0.15) is 0 Å². The first-order valence-corrected chi connectivity index (χ1v) is 12.3. The summed E-state index contributed by atoms with van der Waals surface area (Å²) in [4.78, 5) is 0. The number of rotatable bonds is 18. The molecule has 1 aliphatic rings. The zero-order valence-corrected chi connectivity index (χ0v) is 18.6. The minimum absolute atomic E-state index is 0.0758. The maximum absolute atomic E-state index is 6.13. The Morgan fingerprint density at radius 2 is 1.44 bits per heavy atom. The molecule has 0 saturated carbocycles. The van der Waals surface area contributed by atoms with E-state index in [2.05, 4.69) is 26.0 Å². The van der Waals surface area contributed by atoms with E-state index in [4.69, 9.17) is 9.47 Å². The van der Waals surface area contributed by atoms with E-state index in [9.17, 15) is 0 Å². The molecule has 0 N–H and O–H groups in total. The molecule has 0 aromatic rings. The highest BCUT2D eigenvalue weighted by Crippen LogP contribution is 2.20. The summed E-state index contributed by atoms with van der Waals surface area (Å²) in [6, 6.07) is 0. The van der Waals surface area contributed by atoms with Crippen molar-refractivity contribution in [1.29, 1.82) is 0 Å². The van der Waals surface area contributed by atoms with Crippen molar-refractivity contribution in [2.75, 3.05) is 6.61 Å². The molecule has 1 saturated heterocycles. The predicted octanol–water partition coefficient (Wildman–Crippen LogP) is 8.35. The summed E-state index contributed by atoms with van der Waals surface area (Å²) >= 11 is 0. The summed E-state index contributed by atoms with van der Waals surface area (Å²) in [5.74, 6) is 0. The quantitative estimate of drug-likeness (QED) is 0.176. The molecular weight excluding hydrogens is 332 g/mol. The highest BCUT2D eigenvalue weighted by Gasteiger charge is 2.18. The van der Waals surface area contributed by atoms with Crippen molar-refractivity contribution in [2.24, 2.45) is 0 Å². The normalized spacial score (nSPS) is 19.0. The number of hydrogen-bond donors (Lipinski definition) is 0. The maximum Gasteiger partial charge on any atom is 0.157 e. The van der Waals surface area contributed by atoms with Gasteiger partial charge in [-0.1, -0.05) is 83.8 Å². The topological polar surface area (TPSA) is 18.5 Å². The Labute approximate surface area is 170 Å². The molecule has 0 spiro atoms. The minimum Gasteiger partial charge on any atom is -0.353 e. The molecule has 0 bridgehead atoms. The van der Waals surface area contributed by atoms with E-state index in [1.54, 1.807) is 0 Å². The molecule has 27 heavy (non-hydrogen) atoms. The molecule has 1 heterocycles. The molecule has 1 rings (SSSR count). The van der Waals surface area contributed by atoms with E-state index < -0.39 is 0 Å². The third-order valence-electron chi connectivity index (χ3n) is 5.73. The molecular formula is C25H48O2. The SMILES string of the molecule is CCCCCCCC/C=C\CCCCCCCC(CC)O[C@@H]1CCCCO1. The molecule has 0 amide bonds. The van der Waals surface area contributed by atoms with Gasteiger partial charge >= 0.3 is 0 Å². The monoisotopic (exact) mass is 380 g/mol. The average Bonchev–Trinajstić information content (AvgIpc) is 2.70. The molecule has 1 unspecified atom stereocenters. The van der Waals surface area contributed by atoms with Crippen molar-refractivity contribution in [3.63, 3.8) is 0 Å². The average molecular weight is 381 g/mol. The number of ether oxygens (including phenoxy) is 2. The lowest BCUT2D eigenvalue weighted by molar-refractivity contribution is -0.189. The summed E-state index contributed by atoms with van der Waals surface area (Å²) in [5.41, 5.74) is 0. The third kappa shape index (κ3) is 15.3. The highest BCUT2D eigenvalue weighted by molar-refractivity contribution is 4.81. The van der Waals surface area contributed by atoms with Crippen LogP contribution in [0, 0.1) is 0 Å². The second kappa shape index (κ2) is 19.0. The van der Waals surface area contributed by atoms with Gasteiger partial charge in [-0.2, -0.15) is 0 Å². The molecule has 160 valence electrons. The van der Waals surface area contributed by atoms with Crippen LogP contribution in [0.15, 0.2) is 12.2 Å². The minimum atomic E-state index is 0.0758. The summed E-state index contributed by atoms with van der Waals surface area (Å²) in [7, 11) is 0. The van der Waals surface area contributed by atoms with Gasteiger partial charge in [-0.25, -0.2) is 0 Å². The number of hydrogen-bond acceptors (Lipinski definition) is 2. The number of unbranched alkanes of at least 4 members (excludes halogenated alkanes) is 11. The Balaban J connectivity index is 1.84. The Kier molecular flexibility index (Phi) is 17.4. The van der Waals surface area contributed by atoms with Crippen LogP contribution in [0.5, 0.6) is 0 Å². The first-order valence-electron chi connectivity index (χ1n) is 12.3. The standard InChI is InChI=1S/C25H48O2/c1-3-5-6-7-8-9-10-11-12-13-14-15-16-17-18-21-24(4-2)27-25-22-19-20-23-26-25/h11-12,24-25H,3-10,13-23H2,1-2H3/b12-11-/t24?,25-/m1/s1. The van der Waals surface area contributed by atoms with Gasteiger partial charge in [0.2, 0.25) is 0 Å². The summed E-state index contributed by atoms with van der Waals surface area (Å²) in [6.07, 6.45) is 28.9. The van der Waals surface area contributed by atoms with Gasteiger partial charge in [-0.3, -0.25) is 0 Å². The van der Waals surface area contributed by atoms with Crippen LogP contribution in [0.4, 0.5) is 0 Å². The van der Waals surface area contributed by atoms with E-state index >= 15 is 0 Å². The van der Waals surface area contributed by atoms with Crippen LogP contribution >= 0.6 is 0 Å². The van der Waals surface area contributed by atoms with Crippen LogP contribution < -0.4 is 0 Å². The predicted molar refractivity (Wildman–Crippen MR) is 118 cm³/mol. The Morgan fingerprint density at radius 3 is 2.04 bits per heavy atom. The molecule has 2 atom stereocenters. The smallest absolute Gasteiger partial charge is 0.157 e. The zero-order valence-electron chi connectivity index (χ0n) is 18.6. The first kappa shape index (κ1) is 24.7. The molecule has 1 aliphatic heterocycles. The maximum atomic E-state index is 6.13. The first-order chi connectivity index (χ1) is 13.4. The van der Waals surface area contributed by atoms with Crippen molar-refractivity contribution >= 4 is 0 Å². The highest BCUT2D eigenvalue weighted by atomic mass is 16.7. The molecule has 2 heteroatoms. The second-order valence-electron chi connectivity index (χ2n) is 8.34. The van der Waals surface area contributed by atoms with Gasteiger partial charge in [-0.05, 0) is 57.8 Å². The van der Waals surface area contributed by atoms with E-state index in [-0.39, 0.29) is 6.29 Å². The lowest BCUT2D eigenvalue weighted by Gasteiger charge is -2.27. The molecule has 0 radical (unpaired) electrons. The fourth-order valence-electron chi connectivity index (χ4n) is 3.84. The molecule has 0 aromatic heterocycles. The van der Waals surface area contributed by atoms with E-state index in [0.29, 0.717) is 6.10 Å². The molecule has 2 nitrogen and oxygen atoms in total.